The molecule has 1 amide bonds. The van der Waals surface area contributed by atoms with E-state index < -0.39 is 12.0 Å². The van der Waals surface area contributed by atoms with Crippen molar-refractivity contribution < 1.29 is 14.7 Å². The Kier molecular flexibility index (Phi) is 7.54. The molecule has 6 nitrogen and oxygen atoms in total. The molecule has 18 heavy (non-hydrogen) atoms. The molecular weight excluding hydrogens is 234 g/mol. The lowest BCUT2D eigenvalue weighted by Gasteiger charge is -2.28. The second-order valence-corrected chi connectivity index (χ2v) is 5.01. The summed E-state index contributed by atoms with van der Waals surface area (Å²) >= 11 is 0. The van der Waals surface area contributed by atoms with Gasteiger partial charge in [0.25, 0.3) is 0 Å². The molecule has 0 aliphatic heterocycles. The van der Waals surface area contributed by atoms with Gasteiger partial charge in [0.2, 0.25) is 5.91 Å². The third-order valence-electron chi connectivity index (χ3n) is 2.53. The van der Waals surface area contributed by atoms with Gasteiger partial charge in [-0.25, -0.2) is 0 Å². The van der Waals surface area contributed by atoms with Gasteiger partial charge >= 0.3 is 5.97 Å². The number of carbonyl (C=O) groups is 2. The van der Waals surface area contributed by atoms with E-state index in [1.54, 1.807) is 11.8 Å². The van der Waals surface area contributed by atoms with Gasteiger partial charge in [-0.1, -0.05) is 0 Å². The molecule has 1 atom stereocenters. The highest BCUT2D eigenvalue weighted by molar-refractivity contribution is 5.82. The van der Waals surface area contributed by atoms with Gasteiger partial charge in [-0.05, 0) is 34.9 Å². The van der Waals surface area contributed by atoms with Crippen LogP contribution in [-0.4, -0.2) is 72.6 Å². The molecule has 0 spiro atoms. The molecule has 0 fully saturated rings. The van der Waals surface area contributed by atoms with Gasteiger partial charge in [-0.2, -0.15) is 0 Å². The smallest absolute Gasteiger partial charge is 0.317 e. The lowest BCUT2D eigenvalue weighted by molar-refractivity contribution is -0.140. The van der Waals surface area contributed by atoms with Crippen molar-refractivity contribution >= 4 is 11.9 Å². The van der Waals surface area contributed by atoms with Gasteiger partial charge < -0.3 is 15.3 Å². The van der Waals surface area contributed by atoms with Crippen LogP contribution in [0.5, 0.6) is 0 Å². The van der Waals surface area contributed by atoms with Crippen LogP contribution in [-0.2, 0) is 9.59 Å². The van der Waals surface area contributed by atoms with Crippen LogP contribution in [0.2, 0.25) is 0 Å². The lowest BCUT2D eigenvalue weighted by Crippen LogP contribution is -2.50. The van der Waals surface area contributed by atoms with Crippen LogP contribution in [0, 0.1) is 0 Å². The first-order chi connectivity index (χ1) is 8.23. The van der Waals surface area contributed by atoms with E-state index in [4.69, 9.17) is 5.11 Å². The molecule has 0 aliphatic carbocycles. The van der Waals surface area contributed by atoms with Crippen LogP contribution in [0.25, 0.3) is 0 Å². The number of hydrogen-bond donors (Lipinski definition) is 2. The first-order valence-corrected chi connectivity index (χ1v) is 6.15. The van der Waals surface area contributed by atoms with Gasteiger partial charge in [0.1, 0.15) is 0 Å². The number of aliphatic carboxylic acids is 1. The van der Waals surface area contributed by atoms with Crippen molar-refractivity contribution in [2.45, 2.75) is 32.9 Å². The van der Waals surface area contributed by atoms with E-state index in [-0.39, 0.29) is 18.5 Å². The molecule has 6 heteroatoms. The molecule has 0 rings (SSSR count). The number of amides is 1. The molecule has 0 saturated heterocycles. The highest BCUT2D eigenvalue weighted by Gasteiger charge is 2.23. The van der Waals surface area contributed by atoms with Crippen LogP contribution >= 0.6 is 0 Å². The van der Waals surface area contributed by atoms with Gasteiger partial charge in [-0.3, -0.25) is 14.5 Å². The Hall–Kier alpha value is -1.14. The number of likely N-dealkylation sites (N-methyl/N-ethyl adjacent to an activating group) is 1. The Morgan fingerprint density at radius 2 is 1.72 bits per heavy atom. The maximum atomic E-state index is 11.9. The topological polar surface area (TPSA) is 72.9 Å². The van der Waals surface area contributed by atoms with E-state index in [0.29, 0.717) is 13.1 Å². The SMILES string of the molecule is CC(C)NC(=O)C(C)N(CCN(C)C)CC(=O)O. The lowest BCUT2D eigenvalue weighted by atomic mass is 10.2. The second kappa shape index (κ2) is 8.05. The summed E-state index contributed by atoms with van der Waals surface area (Å²) in [4.78, 5) is 26.3. The average molecular weight is 259 g/mol. The zero-order chi connectivity index (χ0) is 14.3. The maximum absolute atomic E-state index is 11.9. The fourth-order valence-corrected chi connectivity index (χ4v) is 1.48. The zero-order valence-corrected chi connectivity index (χ0v) is 11.9. The summed E-state index contributed by atoms with van der Waals surface area (Å²) < 4.78 is 0. The van der Waals surface area contributed by atoms with E-state index in [0.717, 1.165) is 0 Å². The van der Waals surface area contributed by atoms with Crippen molar-refractivity contribution in [3.8, 4) is 0 Å². The first kappa shape index (κ1) is 16.9. The second-order valence-electron chi connectivity index (χ2n) is 5.01. The summed E-state index contributed by atoms with van der Waals surface area (Å²) in [5.74, 6) is -1.05. The van der Waals surface area contributed by atoms with Crippen LogP contribution in [0.4, 0.5) is 0 Å². The summed E-state index contributed by atoms with van der Waals surface area (Å²) in [6, 6.07) is -0.385. The number of carboxylic acids is 1. The molecule has 2 N–H and O–H groups in total. The summed E-state index contributed by atoms with van der Waals surface area (Å²) in [5.41, 5.74) is 0. The van der Waals surface area contributed by atoms with Crippen LogP contribution in [0.3, 0.4) is 0 Å². The van der Waals surface area contributed by atoms with Crippen LogP contribution in [0.15, 0.2) is 0 Å². The summed E-state index contributed by atoms with van der Waals surface area (Å²) in [6.45, 7) is 6.63. The molecule has 0 aromatic carbocycles. The quantitative estimate of drug-likeness (QED) is 0.634. The highest BCUT2D eigenvalue weighted by Crippen LogP contribution is 2.00. The number of rotatable bonds is 8. The van der Waals surface area contributed by atoms with Gasteiger partial charge in [0.05, 0.1) is 12.6 Å². The number of nitrogens with zero attached hydrogens (tertiary/aromatic N) is 2. The van der Waals surface area contributed by atoms with Crippen molar-refractivity contribution in [2.24, 2.45) is 0 Å². The molecular formula is C12H25N3O3. The molecule has 0 aliphatic rings. The highest BCUT2D eigenvalue weighted by atomic mass is 16.4. The standard InChI is InChI=1S/C12H25N3O3/c1-9(2)13-12(18)10(3)15(8-11(16)17)7-6-14(4)5/h9-10H,6-8H2,1-5H3,(H,13,18)(H,16,17). The Morgan fingerprint density at radius 3 is 2.11 bits per heavy atom. The van der Waals surface area contributed by atoms with Gasteiger partial charge in [0.15, 0.2) is 0 Å². The number of carbonyl (C=O) groups excluding carboxylic acids is 1. The Morgan fingerprint density at radius 1 is 1.17 bits per heavy atom. The zero-order valence-electron chi connectivity index (χ0n) is 11.9. The van der Waals surface area contributed by atoms with Crippen LogP contribution < -0.4 is 5.32 Å². The minimum Gasteiger partial charge on any atom is -0.480 e. The van der Waals surface area contributed by atoms with Gasteiger partial charge in [-0.15, -0.1) is 0 Å². The summed E-state index contributed by atoms with van der Waals surface area (Å²) in [7, 11) is 3.83. The minimum absolute atomic E-state index is 0.0560. The summed E-state index contributed by atoms with van der Waals surface area (Å²) in [6.07, 6.45) is 0. The molecule has 0 aromatic heterocycles. The largest absolute Gasteiger partial charge is 0.480 e. The number of carboxylic acid groups (broad SMARTS) is 1. The monoisotopic (exact) mass is 259 g/mol. The average Bonchev–Trinajstić information content (AvgIpc) is 2.21. The fraction of sp³-hybridized carbons (Fsp3) is 0.833. The molecule has 106 valence electrons. The maximum Gasteiger partial charge on any atom is 0.317 e. The Balaban J connectivity index is 4.51. The molecule has 0 bridgehead atoms. The predicted molar refractivity (Wildman–Crippen MR) is 70.5 cm³/mol. The van der Waals surface area contributed by atoms with Crippen LogP contribution in [0.1, 0.15) is 20.8 Å². The van der Waals surface area contributed by atoms with Crippen molar-refractivity contribution in [1.82, 2.24) is 15.1 Å². The number of nitrogens with one attached hydrogen (secondary N) is 1. The third kappa shape index (κ3) is 7.24. The number of hydrogen-bond acceptors (Lipinski definition) is 4. The van der Waals surface area contributed by atoms with Gasteiger partial charge in [0, 0.05) is 19.1 Å². The molecule has 0 radical (unpaired) electrons. The minimum atomic E-state index is -0.919. The predicted octanol–water partition coefficient (Wildman–Crippen LogP) is -0.152. The van der Waals surface area contributed by atoms with Crippen molar-refractivity contribution in [3.63, 3.8) is 0 Å². The van der Waals surface area contributed by atoms with Crippen molar-refractivity contribution in [1.29, 1.82) is 0 Å². The molecule has 0 aromatic rings. The fourth-order valence-electron chi connectivity index (χ4n) is 1.48. The Labute approximate surface area is 109 Å². The Bertz CT molecular complexity index is 280. The van der Waals surface area contributed by atoms with E-state index >= 15 is 0 Å². The first-order valence-electron chi connectivity index (χ1n) is 6.15. The molecule has 1 unspecified atom stereocenters. The van der Waals surface area contributed by atoms with Crippen molar-refractivity contribution in [3.05, 3.63) is 0 Å². The normalized spacial score (nSPS) is 13.1. The molecule has 0 saturated carbocycles. The van der Waals surface area contributed by atoms with E-state index in [1.165, 1.54) is 0 Å². The third-order valence-corrected chi connectivity index (χ3v) is 2.53. The molecule has 0 heterocycles. The van der Waals surface area contributed by atoms with E-state index in [9.17, 15) is 9.59 Å². The summed E-state index contributed by atoms with van der Waals surface area (Å²) in [5, 5.41) is 11.7. The van der Waals surface area contributed by atoms with Crippen molar-refractivity contribution in [2.75, 3.05) is 33.7 Å². The van der Waals surface area contributed by atoms with E-state index in [1.807, 2.05) is 32.8 Å². The van der Waals surface area contributed by atoms with E-state index in [2.05, 4.69) is 5.32 Å².